The van der Waals surface area contributed by atoms with E-state index in [0.29, 0.717) is 5.75 Å². The van der Waals surface area contributed by atoms with E-state index in [4.69, 9.17) is 4.52 Å². The summed E-state index contributed by atoms with van der Waals surface area (Å²) in [5.41, 5.74) is 3.92. The molecule has 33 heavy (non-hydrogen) atoms. The van der Waals surface area contributed by atoms with E-state index in [2.05, 4.69) is 39.3 Å². The Labute approximate surface area is 197 Å². The van der Waals surface area contributed by atoms with Crippen LogP contribution in [-0.4, -0.2) is 52.0 Å². The number of hydrogen-bond donors (Lipinski definition) is 0. The number of para-hydroxylation sites is 1. The molecule has 5 rings (SSSR count). The molecule has 0 N–H and O–H groups in total. The number of rotatable bonds is 6. The fourth-order valence-electron chi connectivity index (χ4n) is 4.22. The zero-order chi connectivity index (χ0) is 22.6. The predicted octanol–water partition coefficient (Wildman–Crippen LogP) is 4.78. The molecule has 0 atom stereocenters. The molecule has 0 bridgehead atoms. The number of nitrogens with zero attached hydrogens (tertiary/aromatic N) is 4. The maximum absolute atomic E-state index is 13.3. The smallest absolute Gasteiger partial charge is 0.255 e. The number of thioether (sulfide) groups is 1. The first-order valence-corrected chi connectivity index (χ1v) is 12.1. The van der Waals surface area contributed by atoms with Gasteiger partial charge in [-0.3, -0.25) is 14.7 Å². The monoisotopic (exact) mass is 458 g/mol. The number of carbonyl (C=O) groups excluding carboxylic acids is 1. The highest BCUT2D eigenvalue weighted by atomic mass is 32.2. The van der Waals surface area contributed by atoms with E-state index in [1.165, 1.54) is 10.9 Å². The van der Waals surface area contributed by atoms with Crippen LogP contribution < -0.4 is 0 Å². The summed E-state index contributed by atoms with van der Waals surface area (Å²) in [6, 6.07) is 20.2. The summed E-state index contributed by atoms with van der Waals surface area (Å²) in [5.74, 6) is 1.56. The SMILES string of the molecule is Cc1cc(CSc2ccccc2C(=O)N2CCN(Cc3cccc4cccnc34)CC2)on1. The molecule has 0 radical (unpaired) electrons. The maximum Gasteiger partial charge on any atom is 0.255 e. The molecule has 0 unspecified atom stereocenters. The highest BCUT2D eigenvalue weighted by Gasteiger charge is 2.24. The minimum absolute atomic E-state index is 0.0957. The molecule has 6 nitrogen and oxygen atoms in total. The molecule has 1 saturated heterocycles. The number of aromatic nitrogens is 2. The third-order valence-electron chi connectivity index (χ3n) is 5.93. The molecule has 4 aromatic rings. The molecule has 1 amide bonds. The number of piperazine rings is 1. The number of hydrogen-bond acceptors (Lipinski definition) is 6. The van der Waals surface area contributed by atoms with Crippen molar-refractivity contribution in [2.45, 2.75) is 24.1 Å². The van der Waals surface area contributed by atoms with Crippen LogP contribution in [-0.2, 0) is 12.3 Å². The Kier molecular flexibility index (Phi) is 6.41. The second kappa shape index (κ2) is 9.77. The Morgan fingerprint density at radius 3 is 2.67 bits per heavy atom. The van der Waals surface area contributed by atoms with Crippen molar-refractivity contribution in [3.05, 3.63) is 89.4 Å². The Bertz CT molecular complexity index is 1260. The normalized spacial score (nSPS) is 14.6. The van der Waals surface area contributed by atoms with Gasteiger partial charge < -0.3 is 9.42 Å². The van der Waals surface area contributed by atoms with Crippen LogP contribution in [0.15, 0.2) is 76.3 Å². The van der Waals surface area contributed by atoms with Gasteiger partial charge in [0.1, 0.15) is 5.76 Å². The summed E-state index contributed by atoms with van der Waals surface area (Å²) >= 11 is 1.61. The molecular weight excluding hydrogens is 432 g/mol. The molecule has 2 aromatic heterocycles. The average molecular weight is 459 g/mol. The second-order valence-electron chi connectivity index (χ2n) is 8.28. The van der Waals surface area contributed by atoms with Crippen molar-refractivity contribution < 1.29 is 9.32 Å². The van der Waals surface area contributed by atoms with Crippen molar-refractivity contribution in [3.8, 4) is 0 Å². The highest BCUT2D eigenvalue weighted by molar-refractivity contribution is 7.98. The number of benzene rings is 2. The maximum atomic E-state index is 13.3. The lowest BCUT2D eigenvalue weighted by atomic mass is 10.1. The minimum atomic E-state index is 0.0957. The van der Waals surface area contributed by atoms with Crippen LogP contribution in [0.3, 0.4) is 0 Å². The first-order chi connectivity index (χ1) is 16.2. The number of pyridine rings is 1. The predicted molar refractivity (Wildman–Crippen MR) is 130 cm³/mol. The molecule has 0 aliphatic carbocycles. The Balaban J connectivity index is 1.22. The second-order valence-corrected chi connectivity index (χ2v) is 9.30. The fraction of sp³-hybridized carbons (Fsp3) is 0.269. The van der Waals surface area contributed by atoms with Gasteiger partial charge in [-0.05, 0) is 30.7 Å². The largest absolute Gasteiger partial charge is 0.360 e. The summed E-state index contributed by atoms with van der Waals surface area (Å²) in [5, 5.41) is 5.11. The van der Waals surface area contributed by atoms with Gasteiger partial charge in [-0.25, -0.2) is 0 Å². The molecule has 3 heterocycles. The van der Waals surface area contributed by atoms with Crippen LogP contribution in [0, 0.1) is 6.92 Å². The van der Waals surface area contributed by atoms with Gasteiger partial charge in [0.05, 0.1) is 22.5 Å². The van der Waals surface area contributed by atoms with Gasteiger partial charge in [0.15, 0.2) is 0 Å². The van der Waals surface area contributed by atoms with E-state index in [9.17, 15) is 4.79 Å². The third-order valence-corrected chi connectivity index (χ3v) is 7.03. The minimum Gasteiger partial charge on any atom is -0.360 e. The van der Waals surface area contributed by atoms with Crippen LogP contribution in [0.4, 0.5) is 0 Å². The zero-order valence-electron chi connectivity index (χ0n) is 18.6. The van der Waals surface area contributed by atoms with Crippen molar-refractivity contribution in [3.63, 3.8) is 0 Å². The summed E-state index contributed by atoms with van der Waals surface area (Å²) in [6.45, 7) is 5.89. The lowest BCUT2D eigenvalue weighted by molar-refractivity contribution is 0.0625. The van der Waals surface area contributed by atoms with Crippen LogP contribution in [0.1, 0.15) is 27.4 Å². The van der Waals surface area contributed by atoms with Crippen molar-refractivity contribution in [2.24, 2.45) is 0 Å². The fourth-order valence-corrected chi connectivity index (χ4v) is 5.14. The van der Waals surface area contributed by atoms with Gasteiger partial charge in [0.25, 0.3) is 5.91 Å². The van der Waals surface area contributed by atoms with Crippen molar-refractivity contribution in [2.75, 3.05) is 26.2 Å². The highest BCUT2D eigenvalue weighted by Crippen LogP contribution is 2.28. The van der Waals surface area contributed by atoms with Crippen molar-refractivity contribution in [1.29, 1.82) is 0 Å². The lowest BCUT2D eigenvalue weighted by Gasteiger charge is -2.35. The molecule has 1 aliphatic rings. The first-order valence-electron chi connectivity index (χ1n) is 11.2. The summed E-state index contributed by atoms with van der Waals surface area (Å²) in [4.78, 5) is 23.2. The van der Waals surface area contributed by atoms with E-state index >= 15 is 0 Å². The standard InChI is InChI=1S/C26H26N4O2S/c1-19-16-22(32-28-19)18-33-24-10-3-2-9-23(24)26(31)30-14-12-29(13-15-30)17-21-7-4-6-20-8-5-11-27-25(20)21/h2-11,16H,12-15,17-18H2,1H3. The molecule has 7 heteroatoms. The first kappa shape index (κ1) is 21.7. The van der Waals surface area contributed by atoms with E-state index in [-0.39, 0.29) is 5.91 Å². The summed E-state index contributed by atoms with van der Waals surface area (Å²) in [6.07, 6.45) is 1.85. The van der Waals surface area contributed by atoms with E-state index in [1.54, 1.807) is 11.8 Å². The molecule has 1 fully saturated rings. The third kappa shape index (κ3) is 4.94. The molecule has 2 aromatic carbocycles. The topological polar surface area (TPSA) is 62.5 Å². The van der Waals surface area contributed by atoms with Gasteiger partial charge >= 0.3 is 0 Å². The number of aryl methyl sites for hydroxylation is 1. The lowest BCUT2D eigenvalue weighted by Crippen LogP contribution is -2.48. The number of amides is 1. The molecule has 0 spiro atoms. The van der Waals surface area contributed by atoms with Crippen molar-refractivity contribution in [1.82, 2.24) is 19.9 Å². The quantitative estimate of drug-likeness (QED) is 0.388. The van der Waals surface area contributed by atoms with E-state index < -0.39 is 0 Å². The van der Waals surface area contributed by atoms with Gasteiger partial charge in [0, 0.05) is 55.3 Å². The Hall–Kier alpha value is -3.16. The van der Waals surface area contributed by atoms with Gasteiger partial charge in [-0.1, -0.05) is 41.6 Å². The van der Waals surface area contributed by atoms with Crippen LogP contribution >= 0.6 is 11.8 Å². The summed E-state index contributed by atoms with van der Waals surface area (Å²) < 4.78 is 5.31. The van der Waals surface area contributed by atoms with Gasteiger partial charge in [0.2, 0.25) is 0 Å². The van der Waals surface area contributed by atoms with Gasteiger partial charge in [-0.2, -0.15) is 0 Å². The molecular formula is C26H26N4O2S. The molecule has 0 saturated carbocycles. The van der Waals surface area contributed by atoms with Crippen molar-refractivity contribution >= 4 is 28.6 Å². The Morgan fingerprint density at radius 1 is 1.03 bits per heavy atom. The summed E-state index contributed by atoms with van der Waals surface area (Å²) in [7, 11) is 0. The zero-order valence-corrected chi connectivity index (χ0v) is 19.4. The van der Waals surface area contributed by atoms with Crippen LogP contribution in [0.2, 0.25) is 0 Å². The average Bonchev–Trinajstić information content (AvgIpc) is 3.28. The number of fused-ring (bicyclic) bond motifs is 1. The van der Waals surface area contributed by atoms with E-state index in [0.717, 1.165) is 60.2 Å². The molecule has 1 aliphatic heterocycles. The Morgan fingerprint density at radius 2 is 1.85 bits per heavy atom. The number of carbonyl (C=O) groups is 1. The van der Waals surface area contributed by atoms with Crippen LogP contribution in [0.5, 0.6) is 0 Å². The molecule has 168 valence electrons. The van der Waals surface area contributed by atoms with Crippen LogP contribution in [0.25, 0.3) is 10.9 Å². The van der Waals surface area contributed by atoms with Gasteiger partial charge in [-0.15, -0.1) is 11.8 Å². The van der Waals surface area contributed by atoms with E-state index in [1.807, 2.05) is 54.4 Å².